The molecule has 25 heavy (non-hydrogen) atoms. The fourth-order valence-electron chi connectivity index (χ4n) is 2.29. The Hall–Kier alpha value is -3.28. The molecule has 0 spiro atoms. The molecule has 0 bridgehead atoms. The van der Waals surface area contributed by atoms with E-state index in [1.54, 1.807) is 6.07 Å². The van der Waals surface area contributed by atoms with E-state index >= 15 is 0 Å². The summed E-state index contributed by atoms with van der Waals surface area (Å²) < 4.78 is 33.0. The van der Waals surface area contributed by atoms with Gasteiger partial charge in [-0.3, -0.25) is 0 Å². The Morgan fingerprint density at radius 3 is 2.44 bits per heavy atom. The topological polar surface area (TPSA) is 59.4 Å². The normalized spacial score (nSPS) is 10.5. The number of pyridine rings is 1. The zero-order valence-corrected chi connectivity index (χ0v) is 12.9. The Bertz CT molecular complexity index is 897. The van der Waals surface area contributed by atoms with E-state index in [9.17, 15) is 13.6 Å². The fourth-order valence-corrected chi connectivity index (χ4v) is 2.29. The van der Waals surface area contributed by atoms with Crippen LogP contribution in [0.15, 0.2) is 60.8 Å². The zero-order valence-electron chi connectivity index (χ0n) is 12.9. The summed E-state index contributed by atoms with van der Waals surface area (Å²) in [6.45, 7) is 0.335. The summed E-state index contributed by atoms with van der Waals surface area (Å²) in [4.78, 5) is 15.1. The summed E-state index contributed by atoms with van der Waals surface area (Å²) in [6, 6.07) is 14.1. The molecule has 0 fully saturated rings. The molecule has 0 radical (unpaired) electrons. The second-order valence-corrected chi connectivity index (χ2v) is 5.28. The van der Waals surface area contributed by atoms with Crippen LogP contribution in [0, 0.1) is 11.6 Å². The molecule has 1 N–H and O–H groups in total. The smallest absolute Gasteiger partial charge is 0.338 e. The van der Waals surface area contributed by atoms with E-state index in [1.165, 1.54) is 12.3 Å². The number of rotatable bonds is 5. The third-order valence-electron chi connectivity index (χ3n) is 3.56. The molecular weight excluding hydrogens is 328 g/mol. The molecule has 0 aliphatic heterocycles. The number of carbonyl (C=O) groups is 1. The Balaban J connectivity index is 1.80. The van der Waals surface area contributed by atoms with Gasteiger partial charge < -0.3 is 9.84 Å². The van der Waals surface area contributed by atoms with E-state index in [0.29, 0.717) is 24.1 Å². The average molecular weight is 341 g/mol. The molecular formula is C19H13F2NO3. The lowest BCUT2D eigenvalue weighted by Crippen LogP contribution is -2.02. The van der Waals surface area contributed by atoms with E-state index in [4.69, 9.17) is 9.84 Å². The van der Waals surface area contributed by atoms with Crippen molar-refractivity contribution in [1.29, 1.82) is 0 Å². The number of hydrogen-bond acceptors (Lipinski definition) is 3. The maximum atomic E-state index is 14.0. The first kappa shape index (κ1) is 16.6. The van der Waals surface area contributed by atoms with Gasteiger partial charge in [-0.15, -0.1) is 0 Å². The van der Waals surface area contributed by atoms with Crippen molar-refractivity contribution in [2.24, 2.45) is 0 Å². The number of carboxylic acid groups (broad SMARTS) is 1. The van der Waals surface area contributed by atoms with Crippen LogP contribution in [0.2, 0.25) is 0 Å². The van der Waals surface area contributed by atoms with Crippen LogP contribution in [0.3, 0.4) is 0 Å². The van der Waals surface area contributed by atoms with Gasteiger partial charge in [-0.1, -0.05) is 30.3 Å². The van der Waals surface area contributed by atoms with Gasteiger partial charge in [-0.2, -0.15) is 0 Å². The van der Waals surface area contributed by atoms with E-state index in [2.05, 4.69) is 4.98 Å². The summed E-state index contributed by atoms with van der Waals surface area (Å²) in [5, 5.41) is 8.95. The van der Waals surface area contributed by atoms with Gasteiger partial charge in [0.05, 0.1) is 5.56 Å². The van der Waals surface area contributed by atoms with Crippen LogP contribution in [0.25, 0.3) is 11.1 Å². The fraction of sp³-hybridized carbons (Fsp3) is 0.0526. The van der Waals surface area contributed by atoms with Crippen LogP contribution in [0.5, 0.6) is 5.88 Å². The number of carboxylic acids is 1. The Morgan fingerprint density at radius 1 is 1.04 bits per heavy atom. The van der Waals surface area contributed by atoms with E-state index in [0.717, 1.165) is 11.6 Å². The first-order valence-corrected chi connectivity index (χ1v) is 7.40. The third kappa shape index (κ3) is 3.80. The summed E-state index contributed by atoms with van der Waals surface area (Å²) in [5.74, 6) is -3.10. The number of benzene rings is 2. The van der Waals surface area contributed by atoms with E-state index in [-0.39, 0.29) is 5.56 Å². The highest BCUT2D eigenvalue weighted by Gasteiger charge is 2.16. The largest absolute Gasteiger partial charge is 0.478 e. The van der Waals surface area contributed by atoms with Crippen LogP contribution in [-0.4, -0.2) is 16.1 Å². The lowest BCUT2D eigenvalue weighted by Gasteiger charge is -2.08. The molecule has 126 valence electrons. The Kier molecular flexibility index (Phi) is 4.70. The van der Waals surface area contributed by atoms with Crippen molar-refractivity contribution >= 4 is 5.97 Å². The predicted molar refractivity (Wildman–Crippen MR) is 87.3 cm³/mol. The van der Waals surface area contributed by atoms with E-state index < -0.39 is 23.2 Å². The zero-order chi connectivity index (χ0) is 17.8. The monoisotopic (exact) mass is 341 g/mol. The molecule has 1 aromatic heterocycles. The van der Waals surface area contributed by atoms with Gasteiger partial charge in [0, 0.05) is 29.5 Å². The molecule has 0 saturated heterocycles. The van der Waals surface area contributed by atoms with Crippen molar-refractivity contribution in [2.75, 3.05) is 0 Å². The summed E-state index contributed by atoms with van der Waals surface area (Å²) in [7, 11) is 0. The quantitative estimate of drug-likeness (QED) is 0.751. The second kappa shape index (κ2) is 7.09. The Morgan fingerprint density at radius 2 is 1.80 bits per heavy atom. The minimum atomic E-state index is -1.46. The minimum Gasteiger partial charge on any atom is -0.478 e. The third-order valence-corrected chi connectivity index (χ3v) is 3.56. The molecule has 0 atom stereocenters. The van der Waals surface area contributed by atoms with Crippen molar-refractivity contribution in [3.05, 3.63) is 83.6 Å². The van der Waals surface area contributed by atoms with Gasteiger partial charge in [0.25, 0.3) is 0 Å². The number of aromatic carboxylic acids is 1. The van der Waals surface area contributed by atoms with Crippen molar-refractivity contribution in [3.8, 4) is 17.0 Å². The van der Waals surface area contributed by atoms with Gasteiger partial charge in [0.1, 0.15) is 18.2 Å². The predicted octanol–water partition coefficient (Wildman–Crippen LogP) is 4.30. The molecule has 3 aromatic rings. The minimum absolute atomic E-state index is 0.0408. The maximum Gasteiger partial charge on any atom is 0.338 e. The maximum absolute atomic E-state index is 14.0. The molecule has 6 heteroatoms. The van der Waals surface area contributed by atoms with Gasteiger partial charge in [-0.05, 0) is 17.7 Å². The van der Waals surface area contributed by atoms with Crippen molar-refractivity contribution in [2.45, 2.75) is 6.61 Å². The Labute approximate surface area is 142 Å². The SMILES string of the molecule is O=C(O)c1cc(-c2ccc(OCc3ccccc3)nc2)c(F)cc1F. The highest BCUT2D eigenvalue weighted by molar-refractivity contribution is 5.89. The molecule has 4 nitrogen and oxygen atoms in total. The van der Waals surface area contributed by atoms with Crippen LogP contribution in [0.4, 0.5) is 8.78 Å². The number of aromatic nitrogens is 1. The lowest BCUT2D eigenvalue weighted by molar-refractivity contribution is 0.0692. The van der Waals surface area contributed by atoms with Crippen LogP contribution < -0.4 is 4.74 Å². The summed E-state index contributed by atoms with van der Waals surface area (Å²) in [5.41, 5.74) is 0.665. The highest BCUT2D eigenvalue weighted by atomic mass is 19.1. The van der Waals surface area contributed by atoms with Gasteiger partial charge in [-0.25, -0.2) is 18.6 Å². The molecule has 2 aromatic carbocycles. The molecule has 0 aliphatic carbocycles. The number of hydrogen-bond donors (Lipinski definition) is 1. The van der Waals surface area contributed by atoms with Gasteiger partial charge in [0.2, 0.25) is 5.88 Å². The lowest BCUT2D eigenvalue weighted by atomic mass is 10.0. The molecule has 1 heterocycles. The standard InChI is InChI=1S/C19H13F2NO3/c20-16-9-17(21)15(19(23)24)8-14(16)13-6-7-18(22-10-13)25-11-12-4-2-1-3-5-12/h1-10H,11H2,(H,23,24). The second-order valence-electron chi connectivity index (χ2n) is 5.28. The van der Waals surface area contributed by atoms with Gasteiger partial charge >= 0.3 is 5.97 Å². The first-order chi connectivity index (χ1) is 12.0. The number of nitrogens with zero attached hydrogens (tertiary/aromatic N) is 1. The van der Waals surface area contributed by atoms with Gasteiger partial charge in [0.15, 0.2) is 0 Å². The molecule has 0 aliphatic rings. The summed E-state index contributed by atoms with van der Waals surface area (Å²) in [6.07, 6.45) is 1.35. The molecule has 3 rings (SSSR count). The molecule has 0 saturated carbocycles. The van der Waals surface area contributed by atoms with Crippen molar-refractivity contribution in [1.82, 2.24) is 4.98 Å². The first-order valence-electron chi connectivity index (χ1n) is 7.40. The number of ether oxygens (including phenoxy) is 1. The van der Waals surface area contributed by atoms with Crippen LogP contribution in [0.1, 0.15) is 15.9 Å². The summed E-state index contributed by atoms with van der Waals surface area (Å²) >= 11 is 0. The van der Waals surface area contributed by atoms with Crippen LogP contribution in [-0.2, 0) is 6.61 Å². The van der Waals surface area contributed by atoms with Crippen LogP contribution >= 0.6 is 0 Å². The molecule has 0 amide bonds. The average Bonchev–Trinajstić information content (AvgIpc) is 2.61. The van der Waals surface area contributed by atoms with Crippen molar-refractivity contribution in [3.63, 3.8) is 0 Å². The van der Waals surface area contributed by atoms with E-state index in [1.807, 2.05) is 30.3 Å². The number of halogens is 2. The molecule has 0 unspecified atom stereocenters. The highest BCUT2D eigenvalue weighted by Crippen LogP contribution is 2.26. The van der Waals surface area contributed by atoms with Crippen molar-refractivity contribution < 1.29 is 23.4 Å².